The third-order valence-corrected chi connectivity index (χ3v) is 7.93. The molecule has 0 aliphatic heterocycles. The molecule has 2 heterocycles. The fraction of sp³-hybridized carbons (Fsp3) is 0.194. The lowest BCUT2D eigenvalue weighted by Gasteiger charge is -2.12. The average molecular weight is 707 g/mol. The van der Waals surface area contributed by atoms with Crippen LogP contribution in [0.2, 0.25) is 10.0 Å². The SMILES string of the molecule is CCCCl.O=C(O)Cc1ccc(CCCNC(=O)c2cc(NC(=O)c3cc(-c4ccccn4)c(Cl)cc3Cl)n(-c3ccccc3)n2)cc1. The van der Waals surface area contributed by atoms with Crippen molar-refractivity contribution < 1.29 is 19.5 Å². The van der Waals surface area contributed by atoms with Crippen LogP contribution < -0.4 is 10.6 Å². The highest BCUT2D eigenvalue weighted by Gasteiger charge is 2.21. The molecule has 5 aromatic rings. The summed E-state index contributed by atoms with van der Waals surface area (Å²) in [4.78, 5) is 41.7. The Balaban J connectivity index is 0.00000123. The smallest absolute Gasteiger partial charge is 0.307 e. The van der Waals surface area contributed by atoms with Gasteiger partial charge in [-0.1, -0.05) is 78.7 Å². The van der Waals surface area contributed by atoms with E-state index in [1.807, 2.05) is 43.3 Å². The summed E-state index contributed by atoms with van der Waals surface area (Å²) >= 11 is 18.0. The standard InChI is InChI=1S/C33H27Cl2N5O4.C3H7Cl/c34-26-19-27(35)25(18-24(26)28-10-4-5-15-36-28)32(43)38-30-20-29(39-40(30)23-8-2-1-3-9-23)33(44)37-16-6-7-21-11-13-22(14-12-21)17-31(41)42;1-2-3-4/h1-5,8-15,18-20H,6-7,16-17H2,(H,37,44)(H,38,43)(H,41,42);2-3H2,1H3. The van der Waals surface area contributed by atoms with Gasteiger partial charge in [-0.15, -0.1) is 11.6 Å². The van der Waals surface area contributed by atoms with E-state index in [-0.39, 0.29) is 28.5 Å². The monoisotopic (exact) mass is 705 g/mol. The molecule has 0 saturated carbocycles. The van der Waals surface area contributed by atoms with E-state index in [2.05, 4.69) is 20.7 Å². The van der Waals surface area contributed by atoms with E-state index in [1.165, 1.54) is 16.8 Å². The number of amides is 2. The maximum atomic E-state index is 13.5. The molecule has 5 rings (SSSR count). The number of alkyl halides is 1. The minimum atomic E-state index is -0.874. The zero-order valence-electron chi connectivity index (χ0n) is 26.1. The molecule has 0 saturated heterocycles. The van der Waals surface area contributed by atoms with Gasteiger partial charge < -0.3 is 15.7 Å². The first-order valence-corrected chi connectivity index (χ1v) is 16.5. The van der Waals surface area contributed by atoms with Crippen LogP contribution in [0.5, 0.6) is 0 Å². The van der Waals surface area contributed by atoms with Crippen LogP contribution in [-0.4, -0.2) is 50.1 Å². The number of rotatable bonds is 12. The fourth-order valence-corrected chi connectivity index (χ4v) is 5.12. The van der Waals surface area contributed by atoms with Crippen molar-refractivity contribution in [2.45, 2.75) is 32.6 Å². The molecule has 3 N–H and O–H groups in total. The number of aryl methyl sites for hydroxylation is 1. The van der Waals surface area contributed by atoms with E-state index in [4.69, 9.17) is 39.9 Å². The number of nitrogens with zero attached hydrogens (tertiary/aromatic N) is 3. The van der Waals surface area contributed by atoms with E-state index in [0.717, 1.165) is 23.4 Å². The molecular weight excluding hydrogens is 673 g/mol. The first kappa shape index (κ1) is 36.1. The Hall–Kier alpha value is -4.70. The van der Waals surface area contributed by atoms with Crippen LogP contribution >= 0.6 is 34.8 Å². The number of aromatic nitrogens is 3. The minimum absolute atomic E-state index is 0.0205. The highest BCUT2D eigenvalue weighted by atomic mass is 35.5. The van der Waals surface area contributed by atoms with Crippen LogP contribution in [-0.2, 0) is 17.6 Å². The highest BCUT2D eigenvalue weighted by molar-refractivity contribution is 6.38. The molecule has 0 atom stereocenters. The largest absolute Gasteiger partial charge is 0.481 e. The van der Waals surface area contributed by atoms with Crippen molar-refractivity contribution in [2.24, 2.45) is 0 Å². The Morgan fingerprint density at radius 3 is 2.19 bits per heavy atom. The number of nitrogens with one attached hydrogen (secondary N) is 2. The van der Waals surface area contributed by atoms with Crippen molar-refractivity contribution in [1.29, 1.82) is 0 Å². The van der Waals surface area contributed by atoms with Crippen LogP contribution in [0.15, 0.2) is 97.2 Å². The summed E-state index contributed by atoms with van der Waals surface area (Å²) in [5.41, 5.74) is 3.86. The summed E-state index contributed by atoms with van der Waals surface area (Å²) in [6.07, 6.45) is 4.07. The van der Waals surface area contributed by atoms with E-state index in [0.29, 0.717) is 41.4 Å². The van der Waals surface area contributed by atoms with Gasteiger partial charge in [-0.25, -0.2) is 4.68 Å². The second kappa shape index (κ2) is 18.0. The predicted molar refractivity (Wildman–Crippen MR) is 191 cm³/mol. The average Bonchev–Trinajstić information content (AvgIpc) is 3.51. The molecule has 9 nitrogen and oxygen atoms in total. The number of carboxylic acids is 1. The first-order valence-electron chi connectivity index (χ1n) is 15.2. The third-order valence-electron chi connectivity index (χ3n) is 6.92. The van der Waals surface area contributed by atoms with Crippen LogP contribution in [0.25, 0.3) is 16.9 Å². The molecule has 2 aromatic heterocycles. The molecule has 0 fully saturated rings. The summed E-state index contributed by atoms with van der Waals surface area (Å²) in [6.45, 7) is 2.44. The second-order valence-electron chi connectivity index (χ2n) is 10.6. The van der Waals surface area contributed by atoms with Gasteiger partial charge in [-0.05, 0) is 66.8 Å². The first-order chi connectivity index (χ1) is 23.2. The molecule has 12 heteroatoms. The number of benzene rings is 3. The molecular formula is C36H34Cl3N5O4. The summed E-state index contributed by atoms with van der Waals surface area (Å²) in [5.74, 6) is -0.712. The lowest BCUT2D eigenvalue weighted by molar-refractivity contribution is -0.136. The molecule has 0 unspecified atom stereocenters. The summed E-state index contributed by atoms with van der Waals surface area (Å²) in [5, 5.41) is 19.6. The number of carboxylic acid groups (broad SMARTS) is 1. The Morgan fingerprint density at radius 1 is 0.854 bits per heavy atom. The Kier molecular flexibility index (Phi) is 13.6. The Bertz CT molecular complexity index is 1830. The molecule has 0 bridgehead atoms. The maximum Gasteiger partial charge on any atom is 0.307 e. The zero-order chi connectivity index (χ0) is 34.5. The number of halogens is 3. The van der Waals surface area contributed by atoms with Gasteiger partial charge in [-0.3, -0.25) is 19.4 Å². The van der Waals surface area contributed by atoms with Gasteiger partial charge in [0.15, 0.2) is 5.69 Å². The molecule has 48 heavy (non-hydrogen) atoms. The summed E-state index contributed by atoms with van der Waals surface area (Å²) < 4.78 is 1.48. The molecule has 0 spiro atoms. The van der Waals surface area contributed by atoms with E-state index in [1.54, 1.807) is 48.7 Å². The van der Waals surface area contributed by atoms with Crippen molar-refractivity contribution >= 4 is 58.4 Å². The van der Waals surface area contributed by atoms with Gasteiger partial charge in [0.2, 0.25) is 0 Å². The number of carbonyl (C=O) groups excluding carboxylic acids is 2. The maximum absolute atomic E-state index is 13.5. The quantitative estimate of drug-likeness (QED) is 0.0889. The lowest BCUT2D eigenvalue weighted by atomic mass is 10.1. The third kappa shape index (κ3) is 10.1. The number of hydrogen-bond donors (Lipinski definition) is 3. The van der Waals surface area contributed by atoms with Gasteiger partial charge >= 0.3 is 5.97 Å². The molecule has 0 aliphatic carbocycles. The van der Waals surface area contributed by atoms with Crippen molar-refractivity contribution in [3.05, 3.63) is 130 Å². The lowest BCUT2D eigenvalue weighted by Crippen LogP contribution is -2.25. The van der Waals surface area contributed by atoms with E-state index < -0.39 is 17.8 Å². The van der Waals surface area contributed by atoms with Gasteiger partial charge in [0, 0.05) is 30.3 Å². The van der Waals surface area contributed by atoms with Gasteiger partial charge in [-0.2, -0.15) is 5.10 Å². The van der Waals surface area contributed by atoms with Gasteiger partial charge in [0.25, 0.3) is 11.8 Å². The molecule has 248 valence electrons. The van der Waals surface area contributed by atoms with Crippen LogP contribution in [0, 0.1) is 0 Å². The Morgan fingerprint density at radius 2 is 1.54 bits per heavy atom. The number of carbonyl (C=O) groups is 3. The normalized spacial score (nSPS) is 10.5. The van der Waals surface area contributed by atoms with E-state index >= 15 is 0 Å². The summed E-state index contributed by atoms with van der Waals surface area (Å²) in [6, 6.07) is 26.5. The van der Waals surface area contributed by atoms with Crippen LogP contribution in [0.3, 0.4) is 0 Å². The van der Waals surface area contributed by atoms with Crippen molar-refractivity contribution in [1.82, 2.24) is 20.1 Å². The summed E-state index contributed by atoms with van der Waals surface area (Å²) in [7, 11) is 0. The van der Waals surface area contributed by atoms with Crippen molar-refractivity contribution in [3.63, 3.8) is 0 Å². The van der Waals surface area contributed by atoms with Crippen molar-refractivity contribution in [2.75, 3.05) is 17.7 Å². The number of anilines is 1. The van der Waals surface area contributed by atoms with Crippen LogP contribution in [0.1, 0.15) is 51.7 Å². The number of para-hydroxylation sites is 1. The van der Waals surface area contributed by atoms with Gasteiger partial charge in [0.1, 0.15) is 5.82 Å². The second-order valence-corrected chi connectivity index (χ2v) is 11.8. The number of pyridine rings is 1. The number of aliphatic carboxylic acids is 1. The van der Waals surface area contributed by atoms with Gasteiger partial charge in [0.05, 0.1) is 33.4 Å². The number of hydrogen-bond acceptors (Lipinski definition) is 5. The molecule has 0 aliphatic rings. The topological polar surface area (TPSA) is 126 Å². The predicted octanol–water partition coefficient (Wildman–Crippen LogP) is 8.12. The van der Waals surface area contributed by atoms with E-state index in [9.17, 15) is 14.4 Å². The van der Waals surface area contributed by atoms with Crippen molar-refractivity contribution in [3.8, 4) is 16.9 Å². The Labute approximate surface area is 293 Å². The fourth-order valence-electron chi connectivity index (χ4n) is 4.56. The molecule has 3 aromatic carbocycles. The minimum Gasteiger partial charge on any atom is -0.481 e. The highest BCUT2D eigenvalue weighted by Crippen LogP contribution is 2.32. The molecule has 2 amide bonds. The van der Waals surface area contributed by atoms with Crippen LogP contribution in [0.4, 0.5) is 5.82 Å². The zero-order valence-corrected chi connectivity index (χ0v) is 28.4. The molecule has 0 radical (unpaired) electrons.